The predicted octanol–water partition coefficient (Wildman–Crippen LogP) is 4.68. The van der Waals surface area contributed by atoms with Gasteiger partial charge in [0.1, 0.15) is 0 Å². The SMILES string of the molecule is CC(N)C(c1cccc(Br)c1)N(C)Cc1ccc(Cl)s1. The molecule has 108 valence electrons. The van der Waals surface area contributed by atoms with Crippen LogP contribution in [0.4, 0.5) is 0 Å². The van der Waals surface area contributed by atoms with E-state index in [4.69, 9.17) is 17.3 Å². The molecule has 2 rings (SSSR count). The minimum atomic E-state index is 0.0461. The van der Waals surface area contributed by atoms with Crippen LogP contribution >= 0.6 is 38.9 Å². The second-order valence-corrected chi connectivity index (χ2v) is 7.70. The molecule has 2 atom stereocenters. The zero-order chi connectivity index (χ0) is 14.7. The molecule has 2 aromatic rings. The van der Waals surface area contributed by atoms with E-state index in [0.29, 0.717) is 0 Å². The van der Waals surface area contributed by atoms with E-state index in [2.05, 4.69) is 46.1 Å². The van der Waals surface area contributed by atoms with Crippen LogP contribution in [-0.2, 0) is 6.54 Å². The van der Waals surface area contributed by atoms with Crippen molar-refractivity contribution in [1.29, 1.82) is 0 Å². The minimum absolute atomic E-state index is 0.0461. The molecule has 0 aliphatic heterocycles. The fraction of sp³-hybridized carbons (Fsp3) is 0.333. The molecule has 0 saturated heterocycles. The van der Waals surface area contributed by atoms with Gasteiger partial charge in [-0.1, -0.05) is 39.7 Å². The first-order chi connectivity index (χ1) is 9.47. The Morgan fingerprint density at radius 1 is 1.35 bits per heavy atom. The molecule has 20 heavy (non-hydrogen) atoms. The Morgan fingerprint density at radius 3 is 2.65 bits per heavy atom. The number of nitrogens with two attached hydrogens (primary N) is 1. The van der Waals surface area contributed by atoms with Crippen LogP contribution in [0.15, 0.2) is 40.9 Å². The number of thiophene rings is 1. The van der Waals surface area contributed by atoms with Gasteiger partial charge in [0.15, 0.2) is 0 Å². The molecule has 2 N–H and O–H groups in total. The number of nitrogens with zero attached hydrogens (tertiary/aromatic N) is 1. The van der Waals surface area contributed by atoms with Crippen molar-refractivity contribution in [3.8, 4) is 0 Å². The zero-order valence-electron chi connectivity index (χ0n) is 11.5. The molecule has 2 nitrogen and oxygen atoms in total. The second kappa shape index (κ2) is 7.05. The molecular weight excluding hydrogens is 356 g/mol. The lowest BCUT2D eigenvalue weighted by molar-refractivity contribution is 0.212. The van der Waals surface area contributed by atoms with Crippen LogP contribution in [0.25, 0.3) is 0 Å². The van der Waals surface area contributed by atoms with Crippen molar-refractivity contribution in [2.24, 2.45) is 5.73 Å². The number of hydrogen-bond donors (Lipinski definition) is 1. The number of benzene rings is 1. The van der Waals surface area contributed by atoms with Crippen molar-refractivity contribution >= 4 is 38.9 Å². The Balaban J connectivity index is 2.20. The van der Waals surface area contributed by atoms with E-state index >= 15 is 0 Å². The van der Waals surface area contributed by atoms with E-state index in [1.807, 2.05) is 25.1 Å². The van der Waals surface area contributed by atoms with Crippen LogP contribution in [0.1, 0.15) is 23.4 Å². The highest BCUT2D eigenvalue weighted by Gasteiger charge is 2.21. The molecule has 0 radical (unpaired) electrons. The van der Waals surface area contributed by atoms with E-state index in [9.17, 15) is 0 Å². The minimum Gasteiger partial charge on any atom is -0.326 e. The third-order valence-electron chi connectivity index (χ3n) is 3.20. The van der Waals surface area contributed by atoms with Crippen LogP contribution in [0.3, 0.4) is 0 Å². The molecule has 0 saturated carbocycles. The summed E-state index contributed by atoms with van der Waals surface area (Å²) in [6.45, 7) is 2.89. The largest absolute Gasteiger partial charge is 0.326 e. The monoisotopic (exact) mass is 372 g/mol. The van der Waals surface area contributed by atoms with Crippen molar-refractivity contribution in [2.45, 2.75) is 25.6 Å². The third-order valence-corrected chi connectivity index (χ3v) is 4.91. The quantitative estimate of drug-likeness (QED) is 0.824. The van der Waals surface area contributed by atoms with Gasteiger partial charge in [-0.3, -0.25) is 4.90 Å². The summed E-state index contributed by atoms with van der Waals surface area (Å²) in [4.78, 5) is 3.52. The summed E-state index contributed by atoms with van der Waals surface area (Å²) in [5, 5.41) is 0. The first kappa shape index (κ1) is 16.0. The molecule has 0 aliphatic carbocycles. The van der Waals surface area contributed by atoms with Gasteiger partial charge in [-0.25, -0.2) is 0 Å². The molecule has 1 aromatic carbocycles. The van der Waals surface area contributed by atoms with Crippen LogP contribution in [0, 0.1) is 0 Å². The van der Waals surface area contributed by atoms with Gasteiger partial charge < -0.3 is 5.73 Å². The maximum absolute atomic E-state index is 6.20. The summed E-state index contributed by atoms with van der Waals surface area (Å²) in [5.74, 6) is 0. The third kappa shape index (κ3) is 4.06. The number of hydrogen-bond acceptors (Lipinski definition) is 3. The van der Waals surface area contributed by atoms with Gasteiger partial charge in [0.2, 0.25) is 0 Å². The normalized spacial score (nSPS) is 14.5. The van der Waals surface area contributed by atoms with Gasteiger partial charge in [0.25, 0.3) is 0 Å². The highest BCUT2D eigenvalue weighted by Crippen LogP contribution is 2.29. The molecule has 0 spiro atoms. The van der Waals surface area contributed by atoms with E-state index in [-0.39, 0.29) is 12.1 Å². The van der Waals surface area contributed by atoms with E-state index < -0.39 is 0 Å². The van der Waals surface area contributed by atoms with Crippen molar-refractivity contribution in [3.05, 3.63) is 55.6 Å². The molecule has 2 unspecified atom stereocenters. The van der Waals surface area contributed by atoms with Crippen LogP contribution in [-0.4, -0.2) is 18.0 Å². The van der Waals surface area contributed by atoms with Crippen LogP contribution in [0.2, 0.25) is 4.34 Å². The van der Waals surface area contributed by atoms with E-state index in [0.717, 1.165) is 15.4 Å². The number of likely N-dealkylation sites (N-methyl/N-ethyl adjacent to an activating group) is 1. The molecule has 1 heterocycles. The van der Waals surface area contributed by atoms with Gasteiger partial charge in [-0.2, -0.15) is 0 Å². The summed E-state index contributed by atoms with van der Waals surface area (Å²) < 4.78 is 1.90. The highest BCUT2D eigenvalue weighted by molar-refractivity contribution is 9.10. The first-order valence-corrected chi connectivity index (χ1v) is 8.41. The van der Waals surface area contributed by atoms with Gasteiger partial charge >= 0.3 is 0 Å². The van der Waals surface area contributed by atoms with Crippen LogP contribution in [0.5, 0.6) is 0 Å². The standard InChI is InChI=1S/C15H18BrClN2S/c1-10(18)15(11-4-3-5-12(16)8-11)19(2)9-13-6-7-14(17)20-13/h3-8,10,15H,9,18H2,1-2H3. The van der Waals surface area contributed by atoms with Crippen molar-refractivity contribution in [1.82, 2.24) is 4.90 Å². The Morgan fingerprint density at radius 2 is 2.10 bits per heavy atom. The number of halogens is 2. The molecule has 1 aromatic heterocycles. The lowest BCUT2D eigenvalue weighted by atomic mass is 9.99. The lowest BCUT2D eigenvalue weighted by Crippen LogP contribution is -2.36. The highest BCUT2D eigenvalue weighted by atomic mass is 79.9. The van der Waals surface area contributed by atoms with E-state index in [1.165, 1.54) is 10.4 Å². The number of rotatable bonds is 5. The van der Waals surface area contributed by atoms with Gasteiger partial charge in [-0.15, -0.1) is 11.3 Å². The predicted molar refractivity (Wildman–Crippen MR) is 91.3 cm³/mol. The maximum Gasteiger partial charge on any atom is 0.0931 e. The summed E-state index contributed by atoms with van der Waals surface area (Å²) in [6, 6.07) is 12.6. The Hall–Kier alpha value is -0.390. The van der Waals surface area contributed by atoms with E-state index in [1.54, 1.807) is 11.3 Å². The summed E-state index contributed by atoms with van der Waals surface area (Å²) in [7, 11) is 2.10. The molecule has 5 heteroatoms. The Labute approximate surface area is 137 Å². The summed E-state index contributed by atoms with van der Waals surface area (Å²) in [5.41, 5.74) is 7.42. The summed E-state index contributed by atoms with van der Waals surface area (Å²) in [6.07, 6.45) is 0. The van der Waals surface area contributed by atoms with Crippen molar-refractivity contribution < 1.29 is 0 Å². The average molecular weight is 374 g/mol. The zero-order valence-corrected chi connectivity index (χ0v) is 14.7. The van der Waals surface area contributed by atoms with Crippen molar-refractivity contribution in [3.63, 3.8) is 0 Å². The lowest BCUT2D eigenvalue weighted by Gasteiger charge is -2.31. The average Bonchev–Trinajstić information content (AvgIpc) is 2.74. The maximum atomic E-state index is 6.20. The molecular formula is C15H18BrClN2S. The second-order valence-electron chi connectivity index (χ2n) is 4.98. The summed E-state index contributed by atoms with van der Waals surface area (Å²) >= 11 is 11.1. The fourth-order valence-corrected chi connectivity index (χ4v) is 4.00. The first-order valence-electron chi connectivity index (χ1n) is 6.43. The van der Waals surface area contributed by atoms with Gasteiger partial charge in [0, 0.05) is 28.0 Å². The Kier molecular flexibility index (Phi) is 5.64. The molecule has 0 aliphatic rings. The molecule has 0 fully saturated rings. The topological polar surface area (TPSA) is 29.3 Å². The molecule has 0 amide bonds. The smallest absolute Gasteiger partial charge is 0.0931 e. The van der Waals surface area contributed by atoms with Crippen LogP contribution < -0.4 is 5.73 Å². The van der Waals surface area contributed by atoms with Crippen molar-refractivity contribution in [2.75, 3.05) is 7.05 Å². The van der Waals surface area contributed by atoms with Gasteiger partial charge in [-0.05, 0) is 43.8 Å². The molecule has 0 bridgehead atoms. The van der Waals surface area contributed by atoms with Gasteiger partial charge in [0.05, 0.1) is 4.34 Å². The fourth-order valence-electron chi connectivity index (χ4n) is 2.43. The Bertz CT molecular complexity index is 571.